The maximum absolute atomic E-state index is 8.52. The van der Waals surface area contributed by atoms with Gasteiger partial charge in [0.25, 0.3) is 0 Å². The molecule has 0 radical (unpaired) electrons. The molecule has 0 heterocycles. The summed E-state index contributed by atoms with van der Waals surface area (Å²) in [6.45, 7) is 7.29. The van der Waals surface area contributed by atoms with Crippen LogP contribution < -0.4 is 6.54 Å². The molecule has 172 valence electrons. The zero-order chi connectivity index (χ0) is 24.0. The molecule has 0 atom stereocenters. The molecule has 34 heavy (non-hydrogen) atoms. The summed E-state index contributed by atoms with van der Waals surface area (Å²) in [7, 11) is 17.8. The van der Waals surface area contributed by atoms with Crippen molar-refractivity contribution in [3.63, 3.8) is 0 Å². The van der Waals surface area contributed by atoms with Crippen molar-refractivity contribution >= 4 is 36.1 Å². The molecule has 6 rings (SSSR count). The Morgan fingerprint density at radius 1 is 0.588 bits per heavy atom. The monoisotopic (exact) mass is 594 g/mol. The first-order valence-corrected chi connectivity index (χ1v) is 36.5. The minimum absolute atomic E-state index is 0.775. The van der Waals surface area contributed by atoms with Gasteiger partial charge in [0.15, 0.2) is 0 Å². The van der Waals surface area contributed by atoms with Gasteiger partial charge in [-0.25, -0.2) is 0 Å². The molecule has 2 aliphatic carbocycles. The molecule has 4 aromatic carbocycles. The molecule has 0 N–H and O–H groups in total. The van der Waals surface area contributed by atoms with E-state index in [1.54, 1.807) is 0 Å². The summed E-state index contributed by atoms with van der Waals surface area (Å²) in [5.74, 6) is 0. The van der Waals surface area contributed by atoms with Crippen LogP contribution in [0.3, 0.4) is 0 Å². The Morgan fingerprint density at radius 2 is 0.971 bits per heavy atom. The molecular formula is C29H30Cl2Si2Zr. The Kier molecular flexibility index (Phi) is 4.75. The molecule has 0 spiro atoms. The zero-order valence-corrected chi connectivity index (χ0v) is 27.2. The van der Waals surface area contributed by atoms with E-state index in [1.807, 2.05) is 0 Å². The predicted octanol–water partition coefficient (Wildman–Crippen LogP) is 6.43. The van der Waals surface area contributed by atoms with Crippen LogP contribution in [-0.2, 0) is 26.1 Å². The van der Waals surface area contributed by atoms with E-state index in [1.165, 1.54) is 51.1 Å². The Bertz CT molecular complexity index is 1420. The zero-order valence-electron chi connectivity index (χ0n) is 20.3. The van der Waals surface area contributed by atoms with E-state index in [2.05, 4.69) is 105 Å². The third kappa shape index (κ3) is 2.74. The molecule has 5 heteroatoms. The summed E-state index contributed by atoms with van der Waals surface area (Å²) in [6, 6.07) is 31.2. The molecule has 2 aliphatic rings. The van der Waals surface area contributed by atoms with Gasteiger partial charge < -0.3 is 0 Å². The van der Waals surface area contributed by atoms with Gasteiger partial charge in [0, 0.05) is 0 Å². The summed E-state index contributed by atoms with van der Waals surface area (Å²) in [5.41, 5.74) is 10.9. The number of rotatable bonds is 3. The third-order valence-electron chi connectivity index (χ3n) is 9.25. The summed E-state index contributed by atoms with van der Waals surface area (Å²) in [5, 5.41) is -2.14. The molecule has 0 amide bonds. The van der Waals surface area contributed by atoms with Crippen LogP contribution >= 0.6 is 17.0 Å². The second kappa shape index (κ2) is 6.96. The van der Waals surface area contributed by atoms with Crippen molar-refractivity contribution in [3.05, 3.63) is 107 Å². The Morgan fingerprint density at radius 3 is 1.38 bits per heavy atom. The fourth-order valence-corrected chi connectivity index (χ4v) is 41.2. The summed E-state index contributed by atoms with van der Waals surface area (Å²) >= 11 is -5.25. The van der Waals surface area contributed by atoms with E-state index in [0.29, 0.717) is 0 Å². The van der Waals surface area contributed by atoms with Crippen LogP contribution in [0.4, 0.5) is 0 Å². The van der Waals surface area contributed by atoms with Gasteiger partial charge in [0.2, 0.25) is 0 Å². The molecule has 0 unspecified atom stereocenters. The third-order valence-corrected chi connectivity index (χ3v) is 115. The van der Waals surface area contributed by atoms with Crippen LogP contribution in [0.1, 0.15) is 22.3 Å². The van der Waals surface area contributed by atoms with Gasteiger partial charge in [-0.3, -0.25) is 0 Å². The molecule has 0 saturated carbocycles. The second-order valence-corrected chi connectivity index (χ2v) is 95.9. The molecule has 0 nitrogen and oxygen atoms in total. The first-order chi connectivity index (χ1) is 16.0. The van der Waals surface area contributed by atoms with Gasteiger partial charge in [0.1, 0.15) is 0 Å². The molecule has 4 aromatic rings. The SMILES string of the molecule is C[Si](C)(C)[Zr]([SiH3])([Cl])([Cl])([c]1cccc2c1Cc1ccccc1-2)[c]1cccc2c1Cc1ccccc1-2. The Labute approximate surface area is 209 Å². The van der Waals surface area contributed by atoms with Crippen LogP contribution in [0.2, 0.25) is 19.6 Å². The van der Waals surface area contributed by atoms with Gasteiger partial charge in [-0.15, -0.1) is 0 Å². The predicted molar refractivity (Wildman–Crippen MR) is 154 cm³/mol. The number of halogens is 2. The average Bonchev–Trinajstić information content (AvgIpc) is 3.36. The van der Waals surface area contributed by atoms with Crippen LogP contribution in [0.25, 0.3) is 22.3 Å². The molecule has 0 aliphatic heterocycles. The van der Waals surface area contributed by atoms with Gasteiger partial charge >= 0.3 is 211 Å². The quantitative estimate of drug-likeness (QED) is 0.207. The van der Waals surface area contributed by atoms with E-state index in [0.717, 1.165) is 20.2 Å². The number of hydrogen-bond acceptors (Lipinski definition) is 0. The van der Waals surface area contributed by atoms with Crippen molar-refractivity contribution in [2.75, 3.05) is 0 Å². The fraction of sp³-hybridized carbons (Fsp3) is 0.172. The summed E-state index contributed by atoms with van der Waals surface area (Å²) in [4.78, 5) is 0. The van der Waals surface area contributed by atoms with Gasteiger partial charge in [-0.1, -0.05) is 0 Å². The van der Waals surface area contributed by atoms with Crippen molar-refractivity contribution < 1.29 is 13.2 Å². The number of fused-ring (bicyclic) bond motifs is 6. The van der Waals surface area contributed by atoms with Gasteiger partial charge in [-0.05, 0) is 0 Å². The van der Waals surface area contributed by atoms with Crippen molar-refractivity contribution in [1.29, 1.82) is 0 Å². The molecular weight excluding hydrogens is 567 g/mol. The average molecular weight is 597 g/mol. The van der Waals surface area contributed by atoms with Crippen LogP contribution in [0.5, 0.6) is 0 Å². The van der Waals surface area contributed by atoms with Crippen molar-refractivity contribution in [3.8, 4) is 22.3 Å². The topological polar surface area (TPSA) is 0 Å². The molecule has 0 bridgehead atoms. The fourth-order valence-electron chi connectivity index (χ4n) is 6.56. The summed E-state index contributed by atoms with van der Waals surface area (Å²) in [6.07, 6.45) is 1.85. The van der Waals surface area contributed by atoms with Gasteiger partial charge in [0.05, 0.1) is 0 Å². The minimum atomic E-state index is -5.25. The van der Waals surface area contributed by atoms with E-state index in [4.69, 9.17) is 17.0 Å². The number of benzene rings is 4. The van der Waals surface area contributed by atoms with E-state index >= 15 is 0 Å². The summed E-state index contributed by atoms with van der Waals surface area (Å²) < 4.78 is 2.63. The second-order valence-electron chi connectivity index (χ2n) is 11.7. The molecule has 0 fully saturated rings. The van der Waals surface area contributed by atoms with Crippen LogP contribution in [0.15, 0.2) is 84.9 Å². The van der Waals surface area contributed by atoms with Crippen molar-refractivity contribution in [2.24, 2.45) is 0 Å². The van der Waals surface area contributed by atoms with Gasteiger partial charge in [-0.2, -0.15) is 0 Å². The molecule has 0 aromatic heterocycles. The Hall–Kier alpha value is -1.22. The normalized spacial score (nSPS) is 16.3. The van der Waals surface area contributed by atoms with Crippen molar-refractivity contribution in [2.45, 2.75) is 32.5 Å². The van der Waals surface area contributed by atoms with E-state index < -0.39 is 18.4 Å². The maximum atomic E-state index is 8.52. The number of hydrogen-bond donors (Lipinski definition) is 0. The van der Waals surface area contributed by atoms with Crippen molar-refractivity contribution in [1.82, 2.24) is 0 Å². The Balaban J connectivity index is 1.72. The van der Waals surface area contributed by atoms with E-state index in [9.17, 15) is 0 Å². The van der Waals surface area contributed by atoms with Crippen LogP contribution in [-0.4, -0.2) is 12.6 Å². The van der Waals surface area contributed by atoms with E-state index in [-0.39, 0.29) is 0 Å². The first kappa shape index (κ1) is 23.2. The first-order valence-electron chi connectivity index (χ1n) is 12.2. The van der Waals surface area contributed by atoms with Crippen LogP contribution in [0, 0.1) is 0 Å². The standard InChI is InChI=1S/2C13H9.C3H9Si.2ClH.H3Si.Zr/c2*1-3-7-12-10(5-1)9-11-6-2-4-8-13(11)12;1-4(2)3;;;;/h2*1-5,7-8H,9H2;1-3H3;2*1H;1H3;/q;;;;;;+2/p-2. The molecule has 0 saturated heterocycles.